The van der Waals surface area contributed by atoms with Gasteiger partial charge in [0.1, 0.15) is 0 Å². The molecule has 6 heteroatoms. The van der Waals surface area contributed by atoms with Gasteiger partial charge in [-0.1, -0.05) is 0 Å². The molecule has 0 aliphatic carbocycles. The van der Waals surface area contributed by atoms with E-state index in [0.29, 0.717) is 5.56 Å². The Hall–Kier alpha value is -1.85. The maximum absolute atomic E-state index is 12.2. The third-order valence-electron chi connectivity index (χ3n) is 2.88. The molecule has 1 heterocycles. The van der Waals surface area contributed by atoms with E-state index in [1.54, 1.807) is 17.9 Å². The molecule has 0 aliphatic rings. The van der Waals surface area contributed by atoms with Crippen molar-refractivity contribution in [2.24, 2.45) is 0 Å². The van der Waals surface area contributed by atoms with Crippen molar-refractivity contribution in [3.63, 3.8) is 0 Å². The van der Waals surface area contributed by atoms with E-state index in [4.69, 9.17) is 5.11 Å². The lowest BCUT2D eigenvalue weighted by Gasteiger charge is -2.22. The minimum atomic E-state index is -0.915. The fourth-order valence-electron chi connectivity index (χ4n) is 1.87. The molecule has 19 heavy (non-hydrogen) atoms. The third kappa shape index (κ3) is 3.56. The Morgan fingerprint density at radius 3 is 2.42 bits per heavy atom. The lowest BCUT2D eigenvalue weighted by molar-refractivity contribution is -0.137. The number of amides is 1. The molecule has 0 fully saturated rings. The van der Waals surface area contributed by atoms with Crippen molar-refractivity contribution in [1.29, 1.82) is 0 Å². The summed E-state index contributed by atoms with van der Waals surface area (Å²) in [6.07, 6.45) is 1.48. The van der Waals surface area contributed by atoms with Crippen LogP contribution in [0.1, 0.15) is 43.2 Å². The first-order valence-electron chi connectivity index (χ1n) is 6.17. The van der Waals surface area contributed by atoms with Crippen LogP contribution < -0.4 is 0 Å². The summed E-state index contributed by atoms with van der Waals surface area (Å²) in [6.45, 7) is 8.06. The van der Waals surface area contributed by atoms with Crippen LogP contribution in [-0.4, -0.2) is 45.3 Å². The molecule has 1 aromatic rings. The van der Waals surface area contributed by atoms with Crippen LogP contribution in [0.3, 0.4) is 0 Å². The van der Waals surface area contributed by atoms with Crippen LogP contribution in [-0.2, 0) is 10.3 Å². The zero-order valence-corrected chi connectivity index (χ0v) is 12.1. The largest absolute Gasteiger partial charge is 0.481 e. The zero-order chi connectivity index (χ0) is 14.8. The van der Waals surface area contributed by atoms with E-state index in [-0.39, 0.29) is 24.4 Å². The predicted molar refractivity (Wildman–Crippen MR) is 71.2 cm³/mol. The Kier molecular flexibility index (Phi) is 4.34. The summed E-state index contributed by atoms with van der Waals surface area (Å²) >= 11 is 0. The van der Waals surface area contributed by atoms with Gasteiger partial charge in [-0.15, -0.1) is 0 Å². The Bertz CT molecular complexity index is 486. The van der Waals surface area contributed by atoms with Gasteiger partial charge in [0.25, 0.3) is 5.91 Å². The van der Waals surface area contributed by atoms with E-state index in [1.807, 2.05) is 27.7 Å². The van der Waals surface area contributed by atoms with Crippen molar-refractivity contribution < 1.29 is 14.7 Å². The molecule has 0 saturated carbocycles. The van der Waals surface area contributed by atoms with Gasteiger partial charge in [0.05, 0.1) is 23.7 Å². The van der Waals surface area contributed by atoms with Gasteiger partial charge < -0.3 is 10.0 Å². The van der Waals surface area contributed by atoms with Crippen LogP contribution in [0.2, 0.25) is 0 Å². The van der Waals surface area contributed by atoms with Crippen molar-refractivity contribution >= 4 is 11.9 Å². The summed E-state index contributed by atoms with van der Waals surface area (Å²) < 4.78 is 1.80. The summed E-state index contributed by atoms with van der Waals surface area (Å²) in [7, 11) is 1.60. The SMILES string of the molecule is Cc1c(C(=O)N(C)CCC(=O)O)cnn1C(C)(C)C. The topological polar surface area (TPSA) is 75.4 Å². The first-order valence-corrected chi connectivity index (χ1v) is 6.17. The van der Waals surface area contributed by atoms with Gasteiger partial charge in [-0.05, 0) is 27.7 Å². The fourth-order valence-corrected chi connectivity index (χ4v) is 1.87. The minimum Gasteiger partial charge on any atom is -0.481 e. The molecule has 106 valence electrons. The van der Waals surface area contributed by atoms with Crippen molar-refractivity contribution in [2.45, 2.75) is 39.7 Å². The molecule has 1 aromatic heterocycles. The minimum absolute atomic E-state index is 0.0608. The number of rotatable bonds is 4. The predicted octanol–water partition coefficient (Wildman–Crippen LogP) is 1.49. The number of hydrogen-bond acceptors (Lipinski definition) is 3. The van der Waals surface area contributed by atoms with Crippen LogP contribution in [0.5, 0.6) is 0 Å². The summed E-state index contributed by atoms with van der Waals surface area (Å²) in [4.78, 5) is 24.1. The average molecular weight is 267 g/mol. The first kappa shape index (κ1) is 15.2. The number of carbonyl (C=O) groups excluding carboxylic acids is 1. The van der Waals surface area contributed by atoms with Gasteiger partial charge in [0, 0.05) is 19.3 Å². The highest BCUT2D eigenvalue weighted by atomic mass is 16.4. The van der Waals surface area contributed by atoms with Crippen molar-refractivity contribution in [1.82, 2.24) is 14.7 Å². The van der Waals surface area contributed by atoms with Gasteiger partial charge in [0.2, 0.25) is 0 Å². The molecular formula is C13H21N3O3. The highest BCUT2D eigenvalue weighted by molar-refractivity contribution is 5.95. The molecule has 0 aromatic carbocycles. The summed E-state index contributed by atoms with van der Waals surface area (Å²) in [5, 5.41) is 12.9. The number of carboxylic acid groups (broad SMARTS) is 1. The smallest absolute Gasteiger partial charge is 0.305 e. The van der Waals surface area contributed by atoms with E-state index in [1.165, 1.54) is 4.90 Å². The fraction of sp³-hybridized carbons (Fsp3) is 0.615. The third-order valence-corrected chi connectivity index (χ3v) is 2.88. The van der Waals surface area contributed by atoms with Gasteiger partial charge in [-0.25, -0.2) is 0 Å². The van der Waals surface area contributed by atoms with Crippen molar-refractivity contribution in [2.75, 3.05) is 13.6 Å². The summed E-state index contributed by atoms with van der Waals surface area (Å²) in [5.41, 5.74) is 1.12. The van der Waals surface area contributed by atoms with E-state index in [0.717, 1.165) is 5.69 Å². The second-order valence-corrected chi connectivity index (χ2v) is 5.60. The van der Waals surface area contributed by atoms with Gasteiger partial charge in [0.15, 0.2) is 0 Å². The molecule has 0 atom stereocenters. The maximum Gasteiger partial charge on any atom is 0.305 e. The number of aliphatic carboxylic acids is 1. The van der Waals surface area contributed by atoms with Crippen molar-refractivity contribution in [3.8, 4) is 0 Å². The second-order valence-electron chi connectivity index (χ2n) is 5.60. The van der Waals surface area contributed by atoms with Crippen LogP contribution in [0, 0.1) is 6.92 Å². The molecule has 1 rings (SSSR count). The Labute approximate surface area is 113 Å². The van der Waals surface area contributed by atoms with Crippen LogP contribution in [0.25, 0.3) is 0 Å². The second kappa shape index (κ2) is 5.42. The van der Waals surface area contributed by atoms with E-state index in [9.17, 15) is 9.59 Å². The Morgan fingerprint density at radius 1 is 1.42 bits per heavy atom. The van der Waals surface area contributed by atoms with Crippen LogP contribution >= 0.6 is 0 Å². The van der Waals surface area contributed by atoms with Gasteiger partial charge in [-0.3, -0.25) is 14.3 Å². The molecule has 0 unspecified atom stereocenters. The van der Waals surface area contributed by atoms with E-state index < -0.39 is 5.97 Å². The molecule has 0 bridgehead atoms. The number of carboxylic acids is 1. The molecular weight excluding hydrogens is 246 g/mol. The average Bonchev–Trinajstić information content (AvgIpc) is 2.66. The number of hydrogen-bond donors (Lipinski definition) is 1. The van der Waals surface area contributed by atoms with Crippen LogP contribution in [0.4, 0.5) is 0 Å². The molecule has 0 spiro atoms. The number of carbonyl (C=O) groups is 2. The molecule has 0 radical (unpaired) electrons. The molecule has 0 saturated heterocycles. The van der Waals surface area contributed by atoms with Crippen LogP contribution in [0.15, 0.2) is 6.20 Å². The summed E-state index contributed by atoms with van der Waals surface area (Å²) in [5.74, 6) is -1.11. The molecule has 1 amide bonds. The Morgan fingerprint density at radius 2 is 2.00 bits per heavy atom. The van der Waals surface area contributed by atoms with E-state index >= 15 is 0 Å². The highest BCUT2D eigenvalue weighted by Crippen LogP contribution is 2.19. The van der Waals surface area contributed by atoms with E-state index in [2.05, 4.69) is 5.10 Å². The molecule has 1 N–H and O–H groups in total. The van der Waals surface area contributed by atoms with Crippen molar-refractivity contribution in [3.05, 3.63) is 17.5 Å². The van der Waals surface area contributed by atoms with Gasteiger partial charge >= 0.3 is 5.97 Å². The normalized spacial score (nSPS) is 11.4. The summed E-state index contributed by atoms with van der Waals surface area (Å²) in [6, 6.07) is 0. The lowest BCUT2D eigenvalue weighted by Crippen LogP contribution is -2.30. The molecule has 0 aliphatic heterocycles. The monoisotopic (exact) mass is 267 g/mol. The quantitative estimate of drug-likeness (QED) is 0.896. The first-order chi connectivity index (χ1) is 8.64. The highest BCUT2D eigenvalue weighted by Gasteiger charge is 2.23. The number of aromatic nitrogens is 2. The molecule has 6 nitrogen and oxygen atoms in total. The lowest BCUT2D eigenvalue weighted by atomic mass is 10.1. The standard InChI is InChI=1S/C13H21N3O3/c1-9-10(8-14-16(9)13(2,3)4)12(19)15(5)7-6-11(17)18/h8H,6-7H2,1-5H3,(H,17,18). The zero-order valence-electron chi connectivity index (χ0n) is 12.1. The van der Waals surface area contributed by atoms with Gasteiger partial charge in [-0.2, -0.15) is 5.10 Å². The number of nitrogens with zero attached hydrogens (tertiary/aromatic N) is 3. The Balaban J connectivity index is 2.89. The maximum atomic E-state index is 12.2.